The Labute approximate surface area is 604 Å². The molecule has 0 bridgehead atoms. The molecule has 10 amide bonds. The average Bonchev–Trinajstić information content (AvgIpc) is 1.77. The van der Waals surface area contributed by atoms with E-state index in [1.165, 1.54) is 23.5 Å². The van der Waals surface area contributed by atoms with Gasteiger partial charge in [-0.2, -0.15) is 90.9 Å². The van der Waals surface area contributed by atoms with E-state index in [1.54, 1.807) is 103 Å². The quantitative estimate of drug-likeness (QED) is 0.0287. The van der Waals surface area contributed by atoms with Gasteiger partial charge >= 0.3 is 0 Å². The number of thiol groups is 3. The number of rotatable bonds is 13. The molecule has 4 aliphatic rings. The summed E-state index contributed by atoms with van der Waals surface area (Å²) in [5.41, 5.74) is 27.0. The fraction of sp³-hybridized carbons (Fsp3) is 0.685. The van der Waals surface area contributed by atoms with Crippen LogP contribution in [0, 0.1) is 86.7 Å². The molecule has 2 aliphatic heterocycles. The molecule has 0 radical (unpaired) electrons. The Balaban J connectivity index is -0.0000000496. The second-order valence-corrected chi connectivity index (χ2v) is 22.4. The summed E-state index contributed by atoms with van der Waals surface area (Å²) in [5.74, 6) is -1.58. The fourth-order valence-electron chi connectivity index (χ4n) is 6.79. The zero-order chi connectivity index (χ0) is 69.6. The van der Waals surface area contributed by atoms with Crippen LogP contribution in [0.2, 0.25) is 0 Å². The van der Waals surface area contributed by atoms with Gasteiger partial charge in [-0.05, 0) is 136 Å². The van der Waals surface area contributed by atoms with Gasteiger partial charge < -0.3 is 21.3 Å². The summed E-state index contributed by atoms with van der Waals surface area (Å²) < 4.78 is 0. The Morgan fingerprint density at radius 3 is 1.10 bits per heavy atom. The summed E-state index contributed by atoms with van der Waals surface area (Å²) in [4.78, 5) is 165. The molecule has 552 valence electrons. The van der Waals surface area contributed by atoms with Gasteiger partial charge in [0.25, 0.3) is 11.8 Å². The van der Waals surface area contributed by atoms with Crippen LogP contribution < -0.4 is 21.3 Å². The maximum atomic E-state index is 12.3. The maximum Gasteiger partial charge on any atom is 0.260 e. The van der Waals surface area contributed by atoms with Crippen LogP contribution in [0.5, 0.6) is 0 Å². The molecule has 2 saturated carbocycles. The Hall–Kier alpha value is -4.38. The second kappa shape index (κ2) is 104. The fourth-order valence-corrected chi connectivity index (χ4v) is 9.31. The number of carbonyl (C=O) groups excluding carboxylic acids is 10. The SMILES string of the molecule is C.C.C.C.C.C.C.CNC(=O)C1CCC(CC(=O)N2C(=O)C=CC2=O)CC1.CNC(=O)C1CCC(CC(=O)N2C(=O)CC(SC)C2=O)CC1.CNC(=O)CBr.CNC(=O)CSC.CS.CS.CS.CSSC.CSSc1ccccn1.N=O.N=O.N=O.N=O.N=O.N=O. The number of nitrogens with zero attached hydrogens (tertiary/aromatic N) is 3. The molecule has 10 N–H and O–H groups in total. The summed E-state index contributed by atoms with van der Waals surface area (Å²) in [5, 5.41) is 11.3. The first-order chi connectivity index (χ1) is 41.5. The smallest absolute Gasteiger partial charge is 0.260 e. The number of thioether (sulfide) groups is 2. The molecule has 93 heavy (non-hydrogen) atoms. The van der Waals surface area contributed by atoms with Crippen molar-refractivity contribution in [2.45, 2.75) is 133 Å². The molecular weight excluding hydrogens is 1460 g/mol. The highest BCUT2D eigenvalue weighted by molar-refractivity contribution is 9.09. The van der Waals surface area contributed by atoms with Crippen LogP contribution in [0.1, 0.15) is 123 Å². The van der Waals surface area contributed by atoms with Crippen LogP contribution >= 0.6 is 121 Å². The van der Waals surface area contributed by atoms with Crippen molar-refractivity contribution in [2.75, 3.05) is 89.3 Å². The van der Waals surface area contributed by atoms with Gasteiger partial charge in [-0.3, -0.25) is 47.9 Å². The Bertz CT molecular complexity index is 1920. The third-order valence-corrected chi connectivity index (χ3v) is 15.4. The predicted molar refractivity (Wildman–Crippen MR) is 412 cm³/mol. The lowest BCUT2D eigenvalue weighted by Gasteiger charge is -2.27. The monoisotopic (exact) mass is 1570 g/mol. The Kier molecular flexibility index (Phi) is 148. The van der Waals surface area contributed by atoms with Crippen LogP contribution in [0.3, 0.4) is 0 Å². The lowest BCUT2D eigenvalue weighted by molar-refractivity contribution is -0.152. The van der Waals surface area contributed by atoms with Gasteiger partial charge in [0, 0.05) is 77.6 Å². The van der Waals surface area contributed by atoms with Crippen LogP contribution in [0.25, 0.3) is 0 Å². The first-order valence-corrected chi connectivity index (χ1v) is 36.1. The van der Waals surface area contributed by atoms with Crippen molar-refractivity contribution in [2.24, 2.45) is 23.7 Å². The maximum absolute atomic E-state index is 12.3. The highest BCUT2D eigenvalue weighted by atomic mass is 79.9. The van der Waals surface area contributed by atoms with E-state index in [0.29, 0.717) is 16.0 Å². The molecule has 1 atom stereocenters. The summed E-state index contributed by atoms with van der Waals surface area (Å²) in [7, 11) is 13.4. The van der Waals surface area contributed by atoms with E-state index in [2.05, 4.69) is 126 Å². The van der Waals surface area contributed by atoms with E-state index in [4.69, 9.17) is 29.4 Å². The molecule has 29 nitrogen and oxygen atoms in total. The predicted octanol–water partition coefficient (Wildman–Crippen LogP) is 13.7. The number of likely N-dealkylation sites (tertiary alicyclic amines) is 1. The second-order valence-electron chi connectivity index (χ2n) is 14.9. The highest BCUT2D eigenvalue weighted by Crippen LogP contribution is 2.34. The zero-order valence-electron chi connectivity index (χ0n) is 50.1. The van der Waals surface area contributed by atoms with Crippen molar-refractivity contribution >= 4 is 180 Å². The van der Waals surface area contributed by atoms with Crippen molar-refractivity contribution in [3.63, 3.8) is 0 Å². The molecule has 0 spiro atoms. The normalized spacial score (nSPS) is 15.2. The number of pyridine rings is 1. The number of hydrogen-bond acceptors (Lipinski definition) is 32. The molecule has 1 aromatic rings. The first-order valence-electron chi connectivity index (χ1n) is 24.1. The van der Waals surface area contributed by atoms with Crippen LogP contribution in [-0.2, 0) is 47.9 Å². The van der Waals surface area contributed by atoms with Crippen molar-refractivity contribution in [3.8, 4) is 0 Å². The molecule has 3 heterocycles. The third-order valence-electron chi connectivity index (χ3n) is 10.5. The van der Waals surface area contributed by atoms with Crippen molar-refractivity contribution in [1.29, 1.82) is 33.6 Å². The molecule has 1 unspecified atom stereocenters. The number of aromatic nitrogens is 1. The third kappa shape index (κ3) is 70.3. The molecule has 39 heteroatoms. The number of nitroso groups, excluding NO2 is 6. The van der Waals surface area contributed by atoms with E-state index >= 15 is 0 Å². The van der Waals surface area contributed by atoms with Crippen molar-refractivity contribution < 1.29 is 47.9 Å². The molecular formula is C54H114BrN13O16S9. The lowest BCUT2D eigenvalue weighted by atomic mass is 9.80. The first kappa shape index (κ1) is 133. The van der Waals surface area contributed by atoms with Crippen LogP contribution in [-0.4, -0.2) is 168 Å². The number of alkyl halides is 1. The molecule has 1 aromatic heterocycles. The number of imide groups is 6. The summed E-state index contributed by atoms with van der Waals surface area (Å²) in [6.45, 7) is 0. The van der Waals surface area contributed by atoms with E-state index in [9.17, 15) is 47.9 Å². The number of halogens is 1. The van der Waals surface area contributed by atoms with Crippen molar-refractivity contribution in [3.05, 3.63) is 66.0 Å². The summed E-state index contributed by atoms with van der Waals surface area (Å²) in [6.07, 6.45) is 25.6. The van der Waals surface area contributed by atoms with Gasteiger partial charge in [0.05, 0.1) is 16.3 Å². The van der Waals surface area contributed by atoms with Gasteiger partial charge in [0.2, 0.25) is 47.3 Å². The largest absolute Gasteiger partial charge is 0.359 e. The number of amides is 10. The number of hydrogen-bond donors (Lipinski definition) is 13. The van der Waals surface area contributed by atoms with E-state index in [0.717, 1.165) is 73.4 Å². The van der Waals surface area contributed by atoms with Crippen LogP contribution in [0.15, 0.2) is 41.6 Å². The van der Waals surface area contributed by atoms with Crippen molar-refractivity contribution in [1.82, 2.24) is 36.1 Å². The molecule has 5 rings (SSSR count). The highest BCUT2D eigenvalue weighted by Gasteiger charge is 2.42. The van der Waals surface area contributed by atoms with Gasteiger partial charge in [0.15, 0.2) is 0 Å². The topological polar surface area (TPSA) is 484 Å². The zero-order valence-corrected chi connectivity index (χ0v) is 59.3. The minimum atomic E-state index is -0.556. The summed E-state index contributed by atoms with van der Waals surface area (Å²) in [6, 6.07) is 5.91. The van der Waals surface area contributed by atoms with Crippen LogP contribution in [0.4, 0.5) is 0 Å². The summed E-state index contributed by atoms with van der Waals surface area (Å²) >= 11 is 16.4. The molecule has 0 aromatic carbocycles. The minimum Gasteiger partial charge on any atom is -0.359 e. The van der Waals surface area contributed by atoms with E-state index in [1.807, 2.05) is 30.7 Å². The molecule has 2 aliphatic carbocycles. The minimum absolute atomic E-state index is 0. The Morgan fingerprint density at radius 2 is 0.871 bits per heavy atom. The van der Waals surface area contributed by atoms with Gasteiger partial charge in [-0.25, -0.2) is 14.8 Å². The molecule has 3 fully saturated rings. The standard InChI is InChI=1S/C15H22N2O4S.C14H18N2O4.C6H7NS2.C4H9NOS.C3H6BrNO.C2H6S2.3CH4S.7CH4.6HNO/c1-16-14(20)10-5-3-9(4-6-10)7-12(18)17-13(19)8-11(22-2)15(17)21;1-15-14(20)10-4-2-9(3-5-10)8-13(19)16-11(17)6-7-12(16)18;1-8-9-6-4-2-3-5-7-6;1-5-4(6)3-7-2;1-5-3(6)2-4;1-3-4-2;3*1-2;;;;;;;;6*1-2/h9-11H,3-8H2,1-2H3,(H,16,20);6-7,9-10H,2-5,8H2,1H3,(H,15,20);2-5H,1H3;3H2,1-2H3,(H,5,6);2H2,1H3,(H,5,6);1-2H3;3*2H,1H3;7*1H4;6*1H. The number of nitrogens with one attached hydrogen (secondary N) is 10. The van der Waals surface area contributed by atoms with Gasteiger partial charge in [0.1, 0.15) is 5.03 Å². The lowest BCUT2D eigenvalue weighted by Crippen LogP contribution is -2.39. The number of carbonyl (C=O) groups is 10. The van der Waals surface area contributed by atoms with E-state index < -0.39 is 23.0 Å². The average molecular weight is 1570 g/mol. The molecule has 1 saturated heterocycles. The Morgan fingerprint density at radius 1 is 0.527 bits per heavy atom. The van der Waals surface area contributed by atoms with E-state index in [-0.39, 0.29) is 136 Å². The van der Waals surface area contributed by atoms with Gasteiger partial charge in [-0.1, -0.05) is 140 Å². The van der Waals surface area contributed by atoms with Gasteiger partial charge in [-0.15, -0.1) is 0 Å².